The molecule has 0 atom stereocenters. The standard InChI is InChI=1S/C14H18O2/c1-14(2,3)11-5-4-10-6-7-16-9-13(15)12(10)8-11/h4-5,8H,6-7,9H2,1-3H3. The topological polar surface area (TPSA) is 26.3 Å². The zero-order valence-electron chi connectivity index (χ0n) is 10.2. The molecule has 1 aliphatic heterocycles. The zero-order chi connectivity index (χ0) is 11.8. The Hall–Kier alpha value is -1.15. The van der Waals surface area contributed by atoms with E-state index in [-0.39, 0.29) is 17.8 Å². The maximum Gasteiger partial charge on any atom is 0.188 e. The van der Waals surface area contributed by atoms with E-state index < -0.39 is 0 Å². The molecule has 2 nitrogen and oxygen atoms in total. The maximum atomic E-state index is 11.9. The average molecular weight is 218 g/mol. The van der Waals surface area contributed by atoms with Crippen molar-refractivity contribution >= 4 is 5.78 Å². The Bertz CT molecular complexity index is 413. The second kappa shape index (κ2) is 4.02. The van der Waals surface area contributed by atoms with Crippen LogP contribution in [0.25, 0.3) is 0 Å². The summed E-state index contributed by atoms with van der Waals surface area (Å²) in [5, 5.41) is 0. The number of rotatable bonds is 0. The lowest BCUT2D eigenvalue weighted by molar-refractivity contribution is 0.0788. The summed E-state index contributed by atoms with van der Waals surface area (Å²) in [5.41, 5.74) is 3.27. The van der Waals surface area contributed by atoms with Crippen LogP contribution in [-0.4, -0.2) is 19.0 Å². The minimum Gasteiger partial charge on any atom is -0.373 e. The van der Waals surface area contributed by atoms with Gasteiger partial charge in [0.2, 0.25) is 0 Å². The van der Waals surface area contributed by atoms with Gasteiger partial charge in [-0.15, -0.1) is 0 Å². The van der Waals surface area contributed by atoms with Crippen molar-refractivity contribution in [2.75, 3.05) is 13.2 Å². The third kappa shape index (κ3) is 2.17. The summed E-state index contributed by atoms with van der Waals surface area (Å²) >= 11 is 0. The van der Waals surface area contributed by atoms with Gasteiger partial charge >= 0.3 is 0 Å². The van der Waals surface area contributed by atoms with Crippen LogP contribution in [0.5, 0.6) is 0 Å². The minimum atomic E-state index is 0.0858. The lowest BCUT2D eigenvalue weighted by atomic mass is 9.84. The molecular formula is C14H18O2. The van der Waals surface area contributed by atoms with E-state index in [1.807, 2.05) is 6.07 Å². The summed E-state index contributed by atoms with van der Waals surface area (Å²) in [4.78, 5) is 11.9. The molecule has 1 heterocycles. The first-order valence-corrected chi connectivity index (χ1v) is 5.73. The van der Waals surface area contributed by atoms with Gasteiger partial charge in [0.1, 0.15) is 6.61 Å². The van der Waals surface area contributed by atoms with Crippen molar-refractivity contribution in [2.24, 2.45) is 0 Å². The third-order valence-electron chi connectivity index (χ3n) is 3.03. The van der Waals surface area contributed by atoms with Crippen LogP contribution in [-0.2, 0) is 16.6 Å². The second-order valence-electron chi connectivity index (χ2n) is 5.35. The van der Waals surface area contributed by atoms with Gasteiger partial charge in [-0.1, -0.05) is 32.9 Å². The largest absolute Gasteiger partial charge is 0.373 e. The van der Waals surface area contributed by atoms with Crippen LogP contribution in [0.4, 0.5) is 0 Å². The number of Topliss-reactive ketones (excluding diaryl/α,β-unsaturated/α-hetero) is 1. The van der Waals surface area contributed by atoms with E-state index in [4.69, 9.17) is 4.74 Å². The van der Waals surface area contributed by atoms with Gasteiger partial charge in [0, 0.05) is 5.56 Å². The van der Waals surface area contributed by atoms with Crippen LogP contribution < -0.4 is 0 Å². The summed E-state index contributed by atoms with van der Waals surface area (Å²) in [5.74, 6) is 0.110. The predicted molar refractivity (Wildman–Crippen MR) is 64.0 cm³/mol. The monoisotopic (exact) mass is 218 g/mol. The first-order valence-electron chi connectivity index (χ1n) is 5.73. The van der Waals surface area contributed by atoms with Gasteiger partial charge in [-0.2, -0.15) is 0 Å². The number of hydrogen-bond acceptors (Lipinski definition) is 2. The number of carbonyl (C=O) groups is 1. The average Bonchev–Trinajstić information content (AvgIpc) is 2.39. The zero-order valence-corrected chi connectivity index (χ0v) is 10.2. The van der Waals surface area contributed by atoms with Crippen LogP contribution in [0.2, 0.25) is 0 Å². The van der Waals surface area contributed by atoms with Crippen LogP contribution >= 0.6 is 0 Å². The summed E-state index contributed by atoms with van der Waals surface area (Å²) in [6.07, 6.45) is 0.839. The normalized spacial score (nSPS) is 16.8. The van der Waals surface area contributed by atoms with Crippen molar-refractivity contribution in [3.8, 4) is 0 Å². The van der Waals surface area contributed by atoms with Crippen molar-refractivity contribution in [2.45, 2.75) is 32.6 Å². The molecule has 2 heteroatoms. The number of ether oxygens (including phenoxy) is 1. The van der Waals surface area contributed by atoms with Crippen molar-refractivity contribution in [1.29, 1.82) is 0 Å². The molecule has 0 unspecified atom stereocenters. The molecular weight excluding hydrogens is 200 g/mol. The fraction of sp³-hybridized carbons (Fsp3) is 0.500. The fourth-order valence-electron chi connectivity index (χ4n) is 1.95. The highest BCUT2D eigenvalue weighted by Gasteiger charge is 2.20. The van der Waals surface area contributed by atoms with Gasteiger partial charge in [-0.3, -0.25) is 4.79 Å². The first kappa shape index (κ1) is 11.3. The molecule has 1 aromatic rings. The Kier molecular flexibility index (Phi) is 2.85. The lowest BCUT2D eigenvalue weighted by Crippen LogP contribution is -2.14. The van der Waals surface area contributed by atoms with E-state index >= 15 is 0 Å². The van der Waals surface area contributed by atoms with Crippen molar-refractivity contribution < 1.29 is 9.53 Å². The van der Waals surface area contributed by atoms with Gasteiger partial charge in [0.05, 0.1) is 6.61 Å². The van der Waals surface area contributed by atoms with Crippen molar-refractivity contribution in [3.63, 3.8) is 0 Å². The molecule has 1 aliphatic rings. The van der Waals surface area contributed by atoms with Crippen LogP contribution in [0.3, 0.4) is 0 Å². The maximum absolute atomic E-state index is 11.9. The summed E-state index contributed by atoms with van der Waals surface area (Å²) < 4.78 is 5.27. The Balaban J connectivity index is 2.47. The Morgan fingerprint density at radius 3 is 2.69 bits per heavy atom. The van der Waals surface area contributed by atoms with E-state index in [1.165, 1.54) is 5.56 Å². The molecule has 2 rings (SSSR count). The SMILES string of the molecule is CC(C)(C)c1ccc2c(c1)C(=O)COCC2. The lowest BCUT2D eigenvalue weighted by Gasteiger charge is -2.20. The molecule has 16 heavy (non-hydrogen) atoms. The molecule has 0 amide bonds. The van der Waals surface area contributed by atoms with Crippen molar-refractivity contribution in [3.05, 3.63) is 34.9 Å². The highest BCUT2D eigenvalue weighted by molar-refractivity contribution is 5.99. The number of hydrogen-bond donors (Lipinski definition) is 0. The molecule has 0 aromatic heterocycles. The summed E-state index contributed by atoms with van der Waals surface area (Å²) in [6.45, 7) is 7.35. The molecule has 0 fully saturated rings. The predicted octanol–water partition coefficient (Wildman–Crippen LogP) is 2.74. The van der Waals surface area contributed by atoms with Crippen molar-refractivity contribution in [1.82, 2.24) is 0 Å². The summed E-state index contributed by atoms with van der Waals surface area (Å²) in [6, 6.07) is 6.23. The highest BCUT2D eigenvalue weighted by atomic mass is 16.5. The number of fused-ring (bicyclic) bond motifs is 1. The summed E-state index contributed by atoms with van der Waals surface area (Å²) in [7, 11) is 0. The molecule has 0 aliphatic carbocycles. The van der Waals surface area contributed by atoms with Gasteiger partial charge < -0.3 is 4.74 Å². The molecule has 0 bridgehead atoms. The molecule has 0 spiro atoms. The molecule has 0 radical (unpaired) electrons. The van der Waals surface area contributed by atoms with E-state index in [0.29, 0.717) is 6.61 Å². The smallest absolute Gasteiger partial charge is 0.188 e. The number of carbonyl (C=O) groups excluding carboxylic acids is 1. The van der Waals surface area contributed by atoms with Crippen LogP contribution in [0.15, 0.2) is 18.2 Å². The van der Waals surface area contributed by atoms with E-state index in [2.05, 4.69) is 32.9 Å². The minimum absolute atomic E-state index is 0.0858. The van der Waals surface area contributed by atoms with Gasteiger partial charge in [-0.25, -0.2) is 0 Å². The van der Waals surface area contributed by atoms with Gasteiger partial charge in [0.15, 0.2) is 5.78 Å². The molecule has 1 aromatic carbocycles. The second-order valence-corrected chi connectivity index (χ2v) is 5.35. The first-order chi connectivity index (χ1) is 7.48. The van der Waals surface area contributed by atoms with Crippen LogP contribution in [0, 0.1) is 0 Å². The fourth-order valence-corrected chi connectivity index (χ4v) is 1.95. The van der Waals surface area contributed by atoms with E-state index in [9.17, 15) is 4.79 Å². The number of ketones is 1. The Morgan fingerprint density at radius 2 is 2.00 bits per heavy atom. The van der Waals surface area contributed by atoms with E-state index in [1.54, 1.807) is 0 Å². The Labute approximate surface area is 96.6 Å². The quantitative estimate of drug-likeness (QED) is 0.669. The molecule has 0 N–H and O–H groups in total. The molecule has 0 saturated carbocycles. The molecule has 86 valence electrons. The van der Waals surface area contributed by atoms with E-state index in [0.717, 1.165) is 17.5 Å². The van der Waals surface area contributed by atoms with Crippen LogP contribution in [0.1, 0.15) is 42.3 Å². The Morgan fingerprint density at radius 1 is 1.25 bits per heavy atom. The third-order valence-corrected chi connectivity index (χ3v) is 3.03. The number of benzene rings is 1. The van der Waals surface area contributed by atoms with Gasteiger partial charge in [0.25, 0.3) is 0 Å². The van der Waals surface area contributed by atoms with Gasteiger partial charge in [-0.05, 0) is 29.0 Å². The molecule has 0 saturated heterocycles. The highest BCUT2D eigenvalue weighted by Crippen LogP contribution is 2.26.